The molecule has 1 aliphatic heterocycles. The number of hydrogen-bond donors (Lipinski definition) is 1. The largest absolute Gasteiger partial charge is 0.339 e. The Bertz CT molecular complexity index is 1370. The number of carbonyl (C=O) groups excluding carboxylic acids is 2. The van der Waals surface area contributed by atoms with Crippen molar-refractivity contribution in [3.63, 3.8) is 0 Å². The molecule has 37 heavy (non-hydrogen) atoms. The number of nitrogens with one attached hydrogen (secondary N) is 1. The van der Waals surface area contributed by atoms with Gasteiger partial charge in [-0.25, -0.2) is 8.42 Å². The van der Waals surface area contributed by atoms with Crippen molar-refractivity contribution in [2.45, 2.75) is 37.5 Å². The second kappa shape index (κ2) is 11.8. The number of halogens is 1. The fourth-order valence-electron chi connectivity index (χ4n) is 4.41. The molecule has 0 saturated carbocycles. The lowest BCUT2D eigenvalue weighted by Gasteiger charge is -2.26. The first-order valence-corrected chi connectivity index (χ1v) is 14.1. The van der Waals surface area contributed by atoms with Crippen LogP contribution in [0, 0.1) is 6.92 Å². The van der Waals surface area contributed by atoms with Crippen molar-refractivity contribution < 1.29 is 18.0 Å². The molecule has 1 heterocycles. The Morgan fingerprint density at radius 2 is 1.57 bits per heavy atom. The van der Waals surface area contributed by atoms with Gasteiger partial charge in [-0.2, -0.15) is 0 Å². The van der Waals surface area contributed by atoms with Crippen LogP contribution in [0.5, 0.6) is 0 Å². The standard InChI is InChI=1S/C28H30ClN3O4S/c1-21-15-16-22(29)19-26(21)32(37(35,36)23-11-5-4-6-12-23)20-27(33)30-25-14-8-7-13-24(25)28(34)31-17-9-2-3-10-18-31/h4-8,11-16,19H,2-3,9-10,17-18,20H2,1H3,(H,30,33). The van der Waals surface area contributed by atoms with Crippen molar-refractivity contribution in [2.24, 2.45) is 0 Å². The summed E-state index contributed by atoms with van der Waals surface area (Å²) in [5, 5.41) is 3.13. The van der Waals surface area contributed by atoms with Crippen molar-refractivity contribution in [1.82, 2.24) is 4.90 Å². The molecule has 0 radical (unpaired) electrons. The number of amides is 2. The molecule has 0 unspecified atom stereocenters. The van der Waals surface area contributed by atoms with E-state index < -0.39 is 22.5 Å². The first-order chi connectivity index (χ1) is 17.8. The minimum atomic E-state index is -4.09. The third-order valence-corrected chi connectivity index (χ3v) is 8.39. The topological polar surface area (TPSA) is 86.8 Å². The number of likely N-dealkylation sites (tertiary alicyclic amines) is 1. The van der Waals surface area contributed by atoms with E-state index in [2.05, 4.69) is 5.32 Å². The summed E-state index contributed by atoms with van der Waals surface area (Å²) >= 11 is 6.20. The van der Waals surface area contributed by atoms with Crippen LogP contribution >= 0.6 is 11.6 Å². The van der Waals surface area contributed by atoms with E-state index in [9.17, 15) is 18.0 Å². The van der Waals surface area contributed by atoms with Crippen LogP contribution in [-0.2, 0) is 14.8 Å². The number of nitrogens with zero attached hydrogens (tertiary/aromatic N) is 2. The lowest BCUT2D eigenvalue weighted by molar-refractivity contribution is -0.114. The van der Waals surface area contributed by atoms with Gasteiger partial charge >= 0.3 is 0 Å². The predicted molar refractivity (Wildman–Crippen MR) is 147 cm³/mol. The van der Waals surface area contributed by atoms with Gasteiger partial charge in [0.1, 0.15) is 6.54 Å². The Hall–Kier alpha value is -3.36. The van der Waals surface area contributed by atoms with E-state index in [4.69, 9.17) is 11.6 Å². The van der Waals surface area contributed by atoms with Crippen LogP contribution in [0.15, 0.2) is 77.7 Å². The van der Waals surface area contributed by atoms with Gasteiger partial charge in [0.25, 0.3) is 15.9 Å². The highest BCUT2D eigenvalue weighted by atomic mass is 35.5. The monoisotopic (exact) mass is 539 g/mol. The summed E-state index contributed by atoms with van der Waals surface area (Å²) in [7, 11) is -4.09. The van der Waals surface area contributed by atoms with Gasteiger partial charge < -0.3 is 10.2 Å². The van der Waals surface area contributed by atoms with Crippen LogP contribution in [0.2, 0.25) is 5.02 Å². The lowest BCUT2D eigenvalue weighted by atomic mass is 10.1. The molecule has 194 valence electrons. The van der Waals surface area contributed by atoms with Gasteiger partial charge in [-0.15, -0.1) is 0 Å². The molecule has 4 rings (SSSR count). The third kappa shape index (κ3) is 6.32. The van der Waals surface area contributed by atoms with Gasteiger partial charge in [0.05, 0.1) is 21.8 Å². The third-order valence-electron chi connectivity index (χ3n) is 6.38. The van der Waals surface area contributed by atoms with E-state index in [0.29, 0.717) is 40.6 Å². The Balaban J connectivity index is 1.63. The summed E-state index contributed by atoms with van der Waals surface area (Å²) in [4.78, 5) is 28.5. The molecule has 1 saturated heterocycles. The first kappa shape index (κ1) is 26.7. The summed E-state index contributed by atoms with van der Waals surface area (Å²) in [5.41, 5.74) is 1.68. The maximum absolute atomic E-state index is 13.6. The maximum atomic E-state index is 13.6. The van der Waals surface area contributed by atoms with Crippen LogP contribution in [0.25, 0.3) is 0 Å². The Morgan fingerprint density at radius 1 is 0.919 bits per heavy atom. The molecule has 0 spiro atoms. The summed E-state index contributed by atoms with van der Waals surface area (Å²) in [6.07, 6.45) is 4.09. The zero-order valence-electron chi connectivity index (χ0n) is 20.7. The molecule has 0 aliphatic carbocycles. The van der Waals surface area contributed by atoms with Crippen LogP contribution in [0.4, 0.5) is 11.4 Å². The highest BCUT2D eigenvalue weighted by Gasteiger charge is 2.29. The lowest BCUT2D eigenvalue weighted by Crippen LogP contribution is -2.39. The Kier molecular flexibility index (Phi) is 8.51. The first-order valence-electron chi connectivity index (χ1n) is 12.3. The minimum absolute atomic E-state index is 0.0546. The van der Waals surface area contributed by atoms with E-state index in [1.165, 1.54) is 18.2 Å². The zero-order valence-corrected chi connectivity index (χ0v) is 22.3. The molecule has 3 aromatic carbocycles. The van der Waals surface area contributed by atoms with Gasteiger partial charge in [0, 0.05) is 18.1 Å². The molecule has 0 atom stereocenters. The van der Waals surface area contributed by atoms with Crippen molar-refractivity contribution in [3.8, 4) is 0 Å². The van der Waals surface area contributed by atoms with E-state index >= 15 is 0 Å². The quantitative estimate of drug-likeness (QED) is 0.429. The second-order valence-electron chi connectivity index (χ2n) is 9.06. The number of sulfonamides is 1. The molecular weight excluding hydrogens is 510 g/mol. The summed E-state index contributed by atoms with van der Waals surface area (Å²) in [6, 6.07) is 19.7. The fraction of sp³-hybridized carbons (Fsp3) is 0.286. The molecular formula is C28H30ClN3O4S. The minimum Gasteiger partial charge on any atom is -0.339 e. The molecule has 1 aliphatic rings. The molecule has 1 N–H and O–H groups in total. The van der Waals surface area contributed by atoms with E-state index in [1.807, 2.05) is 4.90 Å². The van der Waals surface area contributed by atoms with Gasteiger partial charge in [0.2, 0.25) is 5.91 Å². The highest BCUT2D eigenvalue weighted by molar-refractivity contribution is 7.92. The Morgan fingerprint density at radius 3 is 2.27 bits per heavy atom. The normalized spacial score (nSPS) is 14.1. The molecule has 0 aromatic heterocycles. The maximum Gasteiger partial charge on any atom is 0.264 e. The van der Waals surface area contributed by atoms with Gasteiger partial charge in [0.15, 0.2) is 0 Å². The number of aryl methyl sites for hydroxylation is 1. The summed E-state index contributed by atoms with van der Waals surface area (Å²) < 4.78 is 28.3. The van der Waals surface area contributed by atoms with Crippen molar-refractivity contribution in [2.75, 3.05) is 29.3 Å². The molecule has 2 amide bonds. The number of anilines is 2. The number of rotatable bonds is 7. The van der Waals surface area contributed by atoms with Crippen LogP contribution < -0.4 is 9.62 Å². The van der Waals surface area contributed by atoms with E-state index in [1.54, 1.807) is 61.5 Å². The van der Waals surface area contributed by atoms with Gasteiger partial charge in [-0.3, -0.25) is 13.9 Å². The summed E-state index contributed by atoms with van der Waals surface area (Å²) in [5.74, 6) is -0.716. The van der Waals surface area contributed by atoms with Crippen LogP contribution in [0.3, 0.4) is 0 Å². The van der Waals surface area contributed by atoms with E-state index in [0.717, 1.165) is 30.0 Å². The second-order valence-corrected chi connectivity index (χ2v) is 11.4. The molecule has 7 nitrogen and oxygen atoms in total. The van der Waals surface area contributed by atoms with Gasteiger partial charge in [-0.05, 0) is 61.7 Å². The fourth-order valence-corrected chi connectivity index (χ4v) is 6.08. The summed E-state index contributed by atoms with van der Waals surface area (Å²) in [6.45, 7) is 2.62. The average Bonchev–Trinajstić information content (AvgIpc) is 3.19. The van der Waals surface area contributed by atoms with Crippen molar-refractivity contribution >= 4 is 44.8 Å². The number of hydrogen-bond acceptors (Lipinski definition) is 4. The average molecular weight is 540 g/mol. The number of benzene rings is 3. The molecule has 3 aromatic rings. The van der Waals surface area contributed by atoms with Crippen LogP contribution in [-0.4, -0.2) is 44.8 Å². The number of para-hydroxylation sites is 1. The molecule has 1 fully saturated rings. The molecule has 9 heteroatoms. The van der Waals surface area contributed by atoms with Crippen molar-refractivity contribution in [1.29, 1.82) is 0 Å². The number of carbonyl (C=O) groups is 2. The zero-order chi connectivity index (χ0) is 26.4. The van der Waals surface area contributed by atoms with Crippen LogP contribution in [0.1, 0.15) is 41.6 Å². The SMILES string of the molecule is Cc1ccc(Cl)cc1N(CC(=O)Nc1ccccc1C(=O)N1CCCCCC1)S(=O)(=O)c1ccccc1. The van der Waals surface area contributed by atoms with Crippen molar-refractivity contribution in [3.05, 3.63) is 88.9 Å². The Labute approximate surface area is 223 Å². The highest BCUT2D eigenvalue weighted by Crippen LogP contribution is 2.30. The predicted octanol–water partition coefficient (Wildman–Crippen LogP) is 5.50. The smallest absolute Gasteiger partial charge is 0.264 e. The van der Waals surface area contributed by atoms with Gasteiger partial charge in [-0.1, -0.05) is 60.8 Å². The van der Waals surface area contributed by atoms with E-state index in [-0.39, 0.29) is 10.8 Å². The molecule has 0 bridgehead atoms.